The van der Waals surface area contributed by atoms with Crippen LogP contribution in [0.2, 0.25) is 0 Å². The van der Waals surface area contributed by atoms with Crippen molar-refractivity contribution in [2.45, 2.75) is 44.6 Å². The lowest BCUT2D eigenvalue weighted by atomic mass is 9.81. The average Bonchev–Trinajstić information content (AvgIpc) is 3.36. The summed E-state index contributed by atoms with van der Waals surface area (Å²) in [5, 5.41) is 1.02. The van der Waals surface area contributed by atoms with Crippen molar-refractivity contribution >= 4 is 44.7 Å². The van der Waals surface area contributed by atoms with Gasteiger partial charge in [0.15, 0.2) is 0 Å². The zero-order valence-corrected chi connectivity index (χ0v) is 30.5. The van der Waals surface area contributed by atoms with E-state index in [4.69, 9.17) is 9.47 Å². The lowest BCUT2D eigenvalue weighted by molar-refractivity contribution is -0.127. The maximum Gasteiger partial charge on any atom is 0.303 e. The molecular formula is C39H45N5O6S. The Morgan fingerprint density at radius 2 is 1.63 bits per heavy atom. The molecule has 1 N–H and O–H groups in total. The first kappa shape index (κ1) is 34.6. The Balaban J connectivity index is 1.31. The van der Waals surface area contributed by atoms with Crippen molar-refractivity contribution in [1.29, 1.82) is 0 Å². The molecule has 7 rings (SSSR count). The summed E-state index contributed by atoms with van der Waals surface area (Å²) in [6.45, 7) is 2.73. The van der Waals surface area contributed by atoms with Crippen molar-refractivity contribution in [3.63, 3.8) is 0 Å². The third kappa shape index (κ3) is 6.58. The van der Waals surface area contributed by atoms with Gasteiger partial charge in [0.1, 0.15) is 11.5 Å². The number of hydrogen-bond acceptors (Lipinski definition) is 7. The zero-order valence-electron chi connectivity index (χ0n) is 29.6. The first-order valence-corrected chi connectivity index (χ1v) is 19.0. The highest BCUT2D eigenvalue weighted by Crippen LogP contribution is 2.47. The van der Waals surface area contributed by atoms with Crippen molar-refractivity contribution in [3.8, 4) is 22.8 Å². The van der Waals surface area contributed by atoms with E-state index >= 15 is 0 Å². The monoisotopic (exact) mass is 711 g/mol. The number of methoxy groups -OCH3 is 2. The summed E-state index contributed by atoms with van der Waals surface area (Å²) in [6, 6.07) is 19.4. The number of piperazine rings is 1. The molecule has 12 heteroatoms. The molecule has 0 radical (unpaired) electrons. The number of fused-ring (bicyclic) bond motifs is 5. The molecule has 1 saturated heterocycles. The Labute approximate surface area is 299 Å². The van der Waals surface area contributed by atoms with Gasteiger partial charge in [-0.15, -0.1) is 0 Å². The van der Waals surface area contributed by atoms with E-state index < -0.39 is 16.1 Å². The van der Waals surface area contributed by atoms with Crippen LogP contribution in [-0.4, -0.2) is 88.5 Å². The fourth-order valence-corrected chi connectivity index (χ4v) is 8.36. The van der Waals surface area contributed by atoms with Crippen molar-refractivity contribution in [2.75, 3.05) is 59.4 Å². The molecule has 1 aliphatic carbocycles. The van der Waals surface area contributed by atoms with E-state index in [0.717, 1.165) is 69.1 Å². The third-order valence-corrected chi connectivity index (χ3v) is 11.9. The first-order chi connectivity index (χ1) is 24.6. The Morgan fingerprint density at radius 3 is 2.33 bits per heavy atom. The van der Waals surface area contributed by atoms with Crippen LogP contribution in [0.4, 0.5) is 5.69 Å². The molecule has 268 valence electrons. The number of amides is 2. The summed E-state index contributed by atoms with van der Waals surface area (Å²) in [5.41, 5.74) is 6.82. The Hall–Kier alpha value is -4.81. The second-order valence-corrected chi connectivity index (χ2v) is 15.6. The van der Waals surface area contributed by atoms with Crippen LogP contribution in [0.15, 0.2) is 66.2 Å². The van der Waals surface area contributed by atoms with Crippen LogP contribution >= 0.6 is 0 Å². The van der Waals surface area contributed by atoms with Gasteiger partial charge in [-0.25, -0.2) is 4.72 Å². The number of hydrogen-bond donors (Lipinski definition) is 1. The van der Waals surface area contributed by atoms with E-state index in [0.29, 0.717) is 50.0 Å². The van der Waals surface area contributed by atoms with Crippen LogP contribution < -0.4 is 19.1 Å². The average molecular weight is 712 g/mol. The van der Waals surface area contributed by atoms with Gasteiger partial charge in [-0.3, -0.25) is 9.59 Å². The molecule has 3 aromatic carbocycles. The molecule has 2 fully saturated rings. The minimum Gasteiger partial charge on any atom is -0.497 e. The van der Waals surface area contributed by atoms with E-state index in [1.54, 1.807) is 26.4 Å². The highest BCUT2D eigenvalue weighted by Gasteiger charge is 2.33. The number of nitrogens with zero attached hydrogens (tertiary/aromatic N) is 4. The molecule has 0 bridgehead atoms. The van der Waals surface area contributed by atoms with Gasteiger partial charge in [0, 0.05) is 67.9 Å². The number of benzene rings is 3. The van der Waals surface area contributed by atoms with E-state index in [2.05, 4.69) is 20.3 Å². The van der Waals surface area contributed by atoms with Gasteiger partial charge in [0.2, 0.25) is 0 Å². The molecule has 1 saturated carbocycles. The largest absolute Gasteiger partial charge is 0.497 e. The van der Waals surface area contributed by atoms with Crippen LogP contribution in [0, 0.1) is 0 Å². The Kier molecular flexibility index (Phi) is 9.56. The van der Waals surface area contributed by atoms with E-state index in [1.807, 2.05) is 53.4 Å². The highest BCUT2D eigenvalue weighted by molar-refractivity contribution is 7.87. The molecule has 4 aromatic rings. The SMILES string of the molecule is COc1ccc2c(c1)C=C(C(=O)N1CCN(c3ccccc3OC)CC1)Cn1c-2c(C2CCCCC2)c2ccc(C(=O)NS(=O)(=O)N(C)C)cc21. The van der Waals surface area contributed by atoms with E-state index in [1.165, 1.54) is 26.1 Å². The van der Waals surface area contributed by atoms with Crippen molar-refractivity contribution in [2.24, 2.45) is 0 Å². The smallest absolute Gasteiger partial charge is 0.303 e. The highest BCUT2D eigenvalue weighted by atomic mass is 32.2. The van der Waals surface area contributed by atoms with Crippen LogP contribution in [0.25, 0.3) is 28.2 Å². The molecule has 11 nitrogen and oxygen atoms in total. The molecule has 51 heavy (non-hydrogen) atoms. The molecule has 3 aliphatic rings. The summed E-state index contributed by atoms with van der Waals surface area (Å²) < 4.78 is 41.7. The summed E-state index contributed by atoms with van der Waals surface area (Å²) in [7, 11) is 2.06. The molecule has 0 unspecified atom stereocenters. The number of aromatic nitrogens is 1. The van der Waals surface area contributed by atoms with Gasteiger partial charge in [-0.2, -0.15) is 12.7 Å². The lowest BCUT2D eigenvalue weighted by Crippen LogP contribution is -2.49. The van der Waals surface area contributed by atoms with Gasteiger partial charge in [-0.05, 0) is 78.4 Å². The fraction of sp³-hybridized carbons (Fsp3) is 0.385. The number of nitrogens with one attached hydrogen (secondary N) is 1. The Bertz CT molecular complexity index is 2120. The molecule has 0 spiro atoms. The summed E-state index contributed by atoms with van der Waals surface area (Å²) in [5.74, 6) is 1.07. The first-order valence-electron chi connectivity index (χ1n) is 17.6. The predicted octanol–water partition coefficient (Wildman–Crippen LogP) is 5.66. The molecule has 0 atom stereocenters. The molecule has 1 aromatic heterocycles. The summed E-state index contributed by atoms with van der Waals surface area (Å²) in [4.78, 5) is 32.0. The van der Waals surface area contributed by atoms with Crippen molar-refractivity contribution in [3.05, 3.63) is 82.9 Å². The number of para-hydroxylation sites is 2. The fourth-order valence-electron chi connectivity index (χ4n) is 7.82. The normalized spacial score (nSPS) is 16.7. The zero-order chi connectivity index (χ0) is 35.9. The molecule has 2 aliphatic heterocycles. The van der Waals surface area contributed by atoms with Gasteiger partial charge in [0.05, 0.1) is 32.1 Å². The van der Waals surface area contributed by atoms with Crippen LogP contribution in [0.1, 0.15) is 59.5 Å². The van der Waals surface area contributed by atoms with E-state index in [-0.39, 0.29) is 11.5 Å². The Morgan fingerprint density at radius 1 is 0.882 bits per heavy atom. The maximum atomic E-state index is 14.5. The van der Waals surface area contributed by atoms with Crippen molar-refractivity contribution in [1.82, 2.24) is 18.5 Å². The number of carbonyl (C=O) groups excluding carboxylic acids is 2. The molecular weight excluding hydrogens is 667 g/mol. The van der Waals surface area contributed by atoms with Gasteiger partial charge in [-0.1, -0.05) is 37.5 Å². The number of rotatable bonds is 8. The van der Waals surface area contributed by atoms with Gasteiger partial charge < -0.3 is 23.8 Å². The standard InChI is InChI=1S/C39H45N5O6S/c1-41(2)51(47,48)40-38(45)27-14-16-32-34(24-27)44-25-29(39(46)43-20-18-42(19-21-43)33-12-8-9-13-35(33)50-4)22-28-23-30(49-3)15-17-31(28)37(44)36(32)26-10-6-5-7-11-26/h8-9,12-17,22-24,26H,5-7,10-11,18-21,25H2,1-4H3,(H,40,45). The number of ether oxygens (including phenoxy) is 2. The van der Waals surface area contributed by atoms with Crippen LogP contribution in [-0.2, 0) is 21.5 Å². The van der Waals surface area contributed by atoms with Crippen LogP contribution in [0.3, 0.4) is 0 Å². The number of anilines is 1. The van der Waals surface area contributed by atoms with Crippen LogP contribution in [0.5, 0.6) is 11.5 Å². The quantitative estimate of drug-likeness (QED) is 0.251. The minimum absolute atomic E-state index is 0.0386. The lowest BCUT2D eigenvalue weighted by Gasteiger charge is -2.37. The van der Waals surface area contributed by atoms with E-state index in [9.17, 15) is 18.0 Å². The molecule has 2 amide bonds. The second kappa shape index (κ2) is 14.1. The topological polar surface area (TPSA) is 113 Å². The minimum atomic E-state index is -3.99. The second-order valence-electron chi connectivity index (χ2n) is 13.7. The third-order valence-electron chi connectivity index (χ3n) is 10.5. The van der Waals surface area contributed by atoms with Gasteiger partial charge >= 0.3 is 10.2 Å². The number of carbonyl (C=O) groups is 2. The van der Waals surface area contributed by atoms with Crippen molar-refractivity contribution < 1.29 is 27.5 Å². The molecule has 3 heterocycles. The predicted molar refractivity (Wildman–Crippen MR) is 200 cm³/mol. The van der Waals surface area contributed by atoms with Gasteiger partial charge in [0.25, 0.3) is 11.8 Å². The summed E-state index contributed by atoms with van der Waals surface area (Å²) in [6.07, 6.45) is 7.58. The summed E-state index contributed by atoms with van der Waals surface area (Å²) >= 11 is 0. The maximum absolute atomic E-state index is 14.5.